The van der Waals surface area contributed by atoms with Gasteiger partial charge in [0.05, 0.1) is 5.71 Å². The van der Waals surface area contributed by atoms with Crippen molar-refractivity contribution in [3.05, 3.63) is 240 Å². The zero-order valence-corrected chi connectivity index (χ0v) is 31.3. The topological polar surface area (TPSA) is 12.4 Å². The van der Waals surface area contributed by atoms with E-state index in [9.17, 15) is 0 Å². The lowest BCUT2D eigenvalue weighted by Gasteiger charge is -2.26. The van der Waals surface area contributed by atoms with Crippen molar-refractivity contribution in [1.82, 2.24) is 0 Å². The first-order valence-corrected chi connectivity index (χ1v) is 19.7. The Balaban J connectivity index is 1.16. The Kier molecular flexibility index (Phi) is 7.96. The fourth-order valence-corrected chi connectivity index (χ4v) is 9.14. The van der Waals surface area contributed by atoms with Crippen molar-refractivity contribution in [3.63, 3.8) is 0 Å². The second-order valence-electron chi connectivity index (χ2n) is 15.0. The highest BCUT2D eigenvalue weighted by Gasteiger charge is 2.37. The third kappa shape index (κ3) is 5.59. The van der Waals surface area contributed by atoms with Gasteiger partial charge in [0, 0.05) is 11.1 Å². The molecule has 0 fully saturated rings. The van der Waals surface area contributed by atoms with E-state index in [1.54, 1.807) is 0 Å². The van der Waals surface area contributed by atoms with E-state index in [4.69, 9.17) is 4.99 Å². The summed E-state index contributed by atoms with van der Waals surface area (Å²) < 4.78 is 0. The first-order chi connectivity index (χ1) is 28.3. The van der Waals surface area contributed by atoms with Crippen molar-refractivity contribution < 1.29 is 0 Å². The van der Waals surface area contributed by atoms with Crippen LogP contribution in [0.5, 0.6) is 0 Å². The van der Waals surface area contributed by atoms with E-state index in [-0.39, 0.29) is 6.04 Å². The lowest BCUT2D eigenvalue weighted by Crippen LogP contribution is -2.13. The van der Waals surface area contributed by atoms with Crippen LogP contribution in [0.4, 0.5) is 0 Å². The summed E-state index contributed by atoms with van der Waals surface area (Å²) in [6.07, 6.45) is 2.38. The van der Waals surface area contributed by atoms with E-state index in [2.05, 4.69) is 218 Å². The fraction of sp³-hybridized carbons (Fsp3) is 0.0179. The molecule has 0 N–H and O–H groups in total. The molecule has 0 aromatic heterocycles. The quantitative estimate of drug-likeness (QED) is 0.152. The molecule has 0 amide bonds. The third-order valence-corrected chi connectivity index (χ3v) is 11.7. The molecule has 0 bridgehead atoms. The molecule has 0 radical (unpaired) electrons. The summed E-state index contributed by atoms with van der Waals surface area (Å²) in [5, 5.41) is 4.99. The average molecular weight is 724 g/mol. The first-order valence-electron chi connectivity index (χ1n) is 19.7. The van der Waals surface area contributed by atoms with Crippen LogP contribution in [-0.4, -0.2) is 11.8 Å². The Morgan fingerprint density at radius 2 is 0.754 bits per heavy atom. The average Bonchev–Trinajstić information content (AvgIpc) is 3.70. The molecule has 1 heterocycles. The second kappa shape index (κ2) is 13.7. The molecule has 1 aliphatic heterocycles. The smallest absolute Gasteiger partial charge is 0.103 e. The molecule has 1 heteroatoms. The molecule has 11 rings (SSSR count). The number of nitrogens with zero attached hydrogens (tertiary/aromatic N) is 1. The molecule has 0 spiro atoms. The van der Waals surface area contributed by atoms with Gasteiger partial charge >= 0.3 is 0 Å². The van der Waals surface area contributed by atoms with Gasteiger partial charge in [-0.3, -0.25) is 4.99 Å². The maximum absolute atomic E-state index is 5.64. The maximum atomic E-state index is 5.64. The molecule has 1 aliphatic carbocycles. The van der Waals surface area contributed by atoms with Gasteiger partial charge in [0.15, 0.2) is 0 Å². The summed E-state index contributed by atoms with van der Waals surface area (Å²) in [6, 6.07) is 76.9. The predicted octanol–water partition coefficient (Wildman–Crippen LogP) is 14.3. The Morgan fingerprint density at radius 1 is 0.333 bits per heavy atom. The molecular formula is C56H37N. The highest BCUT2D eigenvalue weighted by Crippen LogP contribution is 2.50. The monoisotopic (exact) mass is 723 g/mol. The minimum atomic E-state index is -0.143. The van der Waals surface area contributed by atoms with Gasteiger partial charge < -0.3 is 0 Å². The van der Waals surface area contributed by atoms with Crippen molar-refractivity contribution in [2.24, 2.45) is 4.99 Å². The van der Waals surface area contributed by atoms with Crippen molar-refractivity contribution in [1.29, 1.82) is 0 Å². The van der Waals surface area contributed by atoms with Gasteiger partial charge in [0.1, 0.15) is 6.04 Å². The van der Waals surface area contributed by atoms with Crippen molar-refractivity contribution >= 4 is 50.1 Å². The molecular weight excluding hydrogens is 687 g/mol. The number of allylic oxidation sites excluding steroid dienone is 1. The number of hydrogen-bond donors (Lipinski definition) is 0. The molecule has 1 unspecified atom stereocenters. The molecule has 9 aromatic carbocycles. The van der Waals surface area contributed by atoms with Gasteiger partial charge in [-0.25, -0.2) is 0 Å². The Labute approximate surface area is 333 Å². The van der Waals surface area contributed by atoms with Crippen LogP contribution in [0.15, 0.2) is 217 Å². The van der Waals surface area contributed by atoms with Crippen LogP contribution in [0, 0.1) is 0 Å². The highest BCUT2D eigenvalue weighted by atomic mass is 14.9. The molecule has 0 saturated heterocycles. The van der Waals surface area contributed by atoms with E-state index < -0.39 is 0 Å². The van der Waals surface area contributed by atoms with Gasteiger partial charge in [-0.05, 0) is 100 Å². The van der Waals surface area contributed by atoms with E-state index in [1.807, 2.05) is 0 Å². The molecule has 57 heavy (non-hydrogen) atoms. The third-order valence-electron chi connectivity index (χ3n) is 11.7. The molecule has 266 valence electrons. The number of hydrogen-bond acceptors (Lipinski definition) is 1. The Morgan fingerprint density at radius 3 is 1.32 bits per heavy atom. The molecule has 0 saturated carbocycles. The van der Waals surface area contributed by atoms with E-state index >= 15 is 0 Å². The van der Waals surface area contributed by atoms with Crippen LogP contribution in [0.2, 0.25) is 0 Å². The zero-order chi connectivity index (χ0) is 37.7. The van der Waals surface area contributed by atoms with Gasteiger partial charge in [0.25, 0.3) is 0 Å². The van der Waals surface area contributed by atoms with Crippen LogP contribution in [0.3, 0.4) is 0 Å². The predicted molar refractivity (Wildman–Crippen MR) is 242 cm³/mol. The van der Waals surface area contributed by atoms with Crippen LogP contribution in [0.1, 0.15) is 27.8 Å². The molecule has 1 atom stereocenters. The highest BCUT2D eigenvalue weighted by molar-refractivity contribution is 6.41. The standard InChI is InChI=1S/C56H37N/c1-5-17-37(18-6-1)38-29-31-41(32-30-38)51-45-25-13-15-27-47(45)52(48-28-16-14-26-46(48)51)44-34-33-43-35-50(39-19-7-2-8-20-39)56-54(49(43)36-44)53(40-21-9-3-10-22-40)55(57-56)42-23-11-4-12-24-42/h1-36,56H. The maximum Gasteiger partial charge on any atom is 0.103 e. The Hall–Kier alpha value is -7.35. The SMILES string of the molecule is C1=C(c2ccccc2)C2N=C(c3ccccc3)C(c3ccccc3)=C2c2cc(-c3c4ccccc4c(-c4ccc(-c5ccccc5)cc4)c4ccccc34)ccc21. The largest absolute Gasteiger partial charge is 0.271 e. The van der Waals surface area contributed by atoms with Crippen molar-refractivity contribution in [2.45, 2.75) is 6.04 Å². The lowest BCUT2D eigenvalue weighted by molar-refractivity contribution is 1.08. The van der Waals surface area contributed by atoms with E-state index in [0.717, 1.165) is 11.3 Å². The summed E-state index contributed by atoms with van der Waals surface area (Å²) in [5.41, 5.74) is 18.1. The number of fused-ring (bicyclic) bond motifs is 5. The summed E-state index contributed by atoms with van der Waals surface area (Å²) in [7, 11) is 0. The number of aliphatic imine (C=N–C) groups is 1. The molecule has 1 nitrogen and oxygen atoms in total. The van der Waals surface area contributed by atoms with E-state index in [0.29, 0.717) is 0 Å². The fourth-order valence-electron chi connectivity index (χ4n) is 9.14. The van der Waals surface area contributed by atoms with Crippen molar-refractivity contribution in [2.75, 3.05) is 0 Å². The second-order valence-corrected chi connectivity index (χ2v) is 15.0. The number of benzene rings is 9. The first kappa shape index (κ1) is 33.0. The van der Waals surface area contributed by atoms with Crippen LogP contribution in [-0.2, 0) is 0 Å². The normalized spacial score (nSPS) is 14.6. The van der Waals surface area contributed by atoms with Gasteiger partial charge in [-0.2, -0.15) is 0 Å². The summed E-state index contributed by atoms with van der Waals surface area (Å²) in [5.74, 6) is 0. The van der Waals surface area contributed by atoms with Crippen molar-refractivity contribution in [3.8, 4) is 33.4 Å². The number of rotatable bonds is 6. The summed E-state index contributed by atoms with van der Waals surface area (Å²) >= 11 is 0. The molecule has 2 aliphatic rings. The zero-order valence-electron chi connectivity index (χ0n) is 31.3. The Bertz CT molecular complexity index is 3010. The summed E-state index contributed by atoms with van der Waals surface area (Å²) in [6.45, 7) is 0. The van der Waals surface area contributed by atoms with Crippen LogP contribution >= 0.6 is 0 Å². The van der Waals surface area contributed by atoms with Gasteiger partial charge in [-0.1, -0.05) is 206 Å². The minimum absolute atomic E-state index is 0.143. The summed E-state index contributed by atoms with van der Waals surface area (Å²) in [4.78, 5) is 5.64. The molecule has 9 aromatic rings. The van der Waals surface area contributed by atoms with E-state index in [1.165, 1.54) is 93.9 Å². The van der Waals surface area contributed by atoms with Gasteiger partial charge in [-0.15, -0.1) is 0 Å². The van der Waals surface area contributed by atoms with Gasteiger partial charge in [0.2, 0.25) is 0 Å². The van der Waals surface area contributed by atoms with Crippen LogP contribution in [0.25, 0.3) is 77.7 Å². The lowest BCUT2D eigenvalue weighted by atomic mass is 9.77. The minimum Gasteiger partial charge on any atom is -0.271 e. The van der Waals surface area contributed by atoms with Crippen LogP contribution < -0.4 is 0 Å².